The van der Waals surface area contributed by atoms with Gasteiger partial charge in [0, 0.05) is 21.8 Å². The number of hydrogen-bond acceptors (Lipinski definition) is 3. The van der Waals surface area contributed by atoms with E-state index >= 15 is 0 Å². The van der Waals surface area contributed by atoms with Crippen molar-refractivity contribution in [2.75, 3.05) is 12.0 Å². The van der Waals surface area contributed by atoms with Gasteiger partial charge in [0.25, 0.3) is 5.91 Å². The minimum Gasteiger partial charge on any atom is -0.478 e. The first-order valence-electron chi connectivity index (χ1n) is 5.81. The first-order valence-corrected chi connectivity index (χ1v) is 8.00. The van der Waals surface area contributed by atoms with Gasteiger partial charge in [-0.05, 0) is 30.9 Å². The van der Waals surface area contributed by atoms with Gasteiger partial charge >= 0.3 is 5.97 Å². The topological polar surface area (TPSA) is 66.4 Å². The zero-order chi connectivity index (χ0) is 14.4. The molecular formula is C13H16BrNO3S. The molecule has 0 saturated carbocycles. The summed E-state index contributed by atoms with van der Waals surface area (Å²) in [5.74, 6) is -0.460. The first-order chi connectivity index (χ1) is 8.97. The molecule has 0 aromatic heterocycles. The highest BCUT2D eigenvalue weighted by Gasteiger charge is 2.14. The molecule has 0 radical (unpaired) electrons. The Labute approximate surface area is 125 Å². The van der Waals surface area contributed by atoms with E-state index in [-0.39, 0.29) is 17.5 Å². The molecule has 1 aromatic carbocycles. The fourth-order valence-corrected chi connectivity index (χ4v) is 2.79. The average molecular weight is 346 g/mol. The summed E-state index contributed by atoms with van der Waals surface area (Å²) >= 11 is 4.88. The standard InChI is InChI=1S/C13H16BrNO3S/c1-3-11(7-19-2)15-12(16)8-4-9(13(17)18)6-10(14)5-8/h4-6,11H,3,7H2,1-2H3,(H,15,16)(H,17,18). The van der Waals surface area contributed by atoms with E-state index in [0.29, 0.717) is 10.0 Å². The maximum atomic E-state index is 12.1. The van der Waals surface area contributed by atoms with E-state index in [2.05, 4.69) is 21.2 Å². The van der Waals surface area contributed by atoms with Gasteiger partial charge in [0.2, 0.25) is 0 Å². The maximum absolute atomic E-state index is 12.1. The molecule has 1 atom stereocenters. The Balaban J connectivity index is 2.90. The van der Waals surface area contributed by atoms with Crippen molar-refractivity contribution >= 4 is 39.6 Å². The summed E-state index contributed by atoms with van der Waals surface area (Å²) in [6, 6.07) is 4.56. The maximum Gasteiger partial charge on any atom is 0.335 e. The zero-order valence-corrected chi connectivity index (χ0v) is 13.2. The van der Waals surface area contributed by atoms with Crippen molar-refractivity contribution in [3.63, 3.8) is 0 Å². The largest absolute Gasteiger partial charge is 0.478 e. The van der Waals surface area contributed by atoms with Crippen molar-refractivity contribution in [1.82, 2.24) is 5.32 Å². The van der Waals surface area contributed by atoms with Crippen molar-refractivity contribution < 1.29 is 14.7 Å². The smallest absolute Gasteiger partial charge is 0.335 e. The van der Waals surface area contributed by atoms with Crippen LogP contribution in [0.1, 0.15) is 34.1 Å². The number of carbonyl (C=O) groups excluding carboxylic acids is 1. The molecule has 104 valence electrons. The Bertz CT molecular complexity index is 479. The number of aromatic carboxylic acids is 1. The van der Waals surface area contributed by atoms with Gasteiger partial charge in [0.1, 0.15) is 0 Å². The Morgan fingerprint density at radius 3 is 2.53 bits per heavy atom. The summed E-state index contributed by atoms with van der Waals surface area (Å²) in [5, 5.41) is 11.9. The molecule has 0 aliphatic rings. The lowest BCUT2D eigenvalue weighted by Gasteiger charge is -2.16. The van der Waals surface area contributed by atoms with Crippen molar-refractivity contribution in [2.45, 2.75) is 19.4 Å². The van der Waals surface area contributed by atoms with Crippen LogP contribution in [-0.2, 0) is 0 Å². The van der Waals surface area contributed by atoms with Crippen LogP contribution < -0.4 is 5.32 Å². The Morgan fingerprint density at radius 2 is 2.00 bits per heavy atom. The van der Waals surface area contributed by atoms with E-state index in [1.54, 1.807) is 17.8 Å². The fraction of sp³-hybridized carbons (Fsp3) is 0.385. The number of amides is 1. The number of hydrogen-bond donors (Lipinski definition) is 2. The third-order valence-corrected chi connectivity index (χ3v) is 3.80. The first kappa shape index (κ1) is 16.0. The van der Waals surface area contributed by atoms with Crippen LogP contribution in [0.15, 0.2) is 22.7 Å². The number of carboxylic acid groups (broad SMARTS) is 1. The van der Waals surface area contributed by atoms with Crippen LogP contribution in [0.2, 0.25) is 0 Å². The molecule has 2 N–H and O–H groups in total. The minimum absolute atomic E-state index is 0.0924. The number of carboxylic acids is 1. The van der Waals surface area contributed by atoms with Gasteiger partial charge in [-0.25, -0.2) is 4.79 Å². The lowest BCUT2D eigenvalue weighted by Crippen LogP contribution is -2.36. The van der Waals surface area contributed by atoms with E-state index < -0.39 is 5.97 Å². The highest BCUT2D eigenvalue weighted by atomic mass is 79.9. The summed E-state index contributed by atoms with van der Waals surface area (Å²) in [6.45, 7) is 2.00. The highest BCUT2D eigenvalue weighted by molar-refractivity contribution is 9.10. The normalized spacial score (nSPS) is 11.9. The molecule has 0 fully saturated rings. The second-order valence-corrected chi connectivity index (χ2v) is 5.89. The summed E-state index contributed by atoms with van der Waals surface area (Å²) < 4.78 is 0.579. The molecule has 6 heteroatoms. The molecule has 1 rings (SSSR count). The van der Waals surface area contributed by atoms with E-state index in [9.17, 15) is 9.59 Å². The van der Waals surface area contributed by atoms with E-state index in [4.69, 9.17) is 5.11 Å². The van der Waals surface area contributed by atoms with Crippen LogP contribution >= 0.6 is 27.7 Å². The third kappa shape index (κ3) is 4.87. The average Bonchev–Trinajstić information content (AvgIpc) is 2.37. The second kappa shape index (κ2) is 7.55. The Morgan fingerprint density at radius 1 is 1.37 bits per heavy atom. The Hall–Kier alpha value is -1.01. The molecule has 0 saturated heterocycles. The van der Waals surface area contributed by atoms with Crippen molar-refractivity contribution in [3.05, 3.63) is 33.8 Å². The van der Waals surface area contributed by atoms with Crippen LogP contribution in [0, 0.1) is 0 Å². The van der Waals surface area contributed by atoms with Crippen molar-refractivity contribution in [3.8, 4) is 0 Å². The molecule has 1 unspecified atom stereocenters. The van der Waals surface area contributed by atoms with Gasteiger partial charge < -0.3 is 10.4 Å². The van der Waals surface area contributed by atoms with Crippen LogP contribution in [0.5, 0.6) is 0 Å². The number of halogens is 1. The van der Waals surface area contributed by atoms with E-state index in [1.807, 2.05) is 13.2 Å². The predicted octanol–water partition coefficient (Wildman–Crippen LogP) is 3.02. The molecule has 0 spiro atoms. The SMILES string of the molecule is CCC(CSC)NC(=O)c1cc(Br)cc(C(=O)O)c1. The molecule has 4 nitrogen and oxygen atoms in total. The number of rotatable bonds is 6. The van der Waals surface area contributed by atoms with Crippen molar-refractivity contribution in [2.24, 2.45) is 0 Å². The number of thioether (sulfide) groups is 1. The molecule has 1 aromatic rings. The molecule has 1 amide bonds. The van der Waals surface area contributed by atoms with E-state index in [0.717, 1.165) is 12.2 Å². The summed E-state index contributed by atoms with van der Waals surface area (Å²) in [6.07, 6.45) is 2.82. The summed E-state index contributed by atoms with van der Waals surface area (Å²) in [7, 11) is 0. The molecule has 0 heterocycles. The van der Waals surface area contributed by atoms with Gasteiger partial charge in [-0.15, -0.1) is 0 Å². The van der Waals surface area contributed by atoms with Gasteiger partial charge in [0.05, 0.1) is 5.56 Å². The molecule has 0 bridgehead atoms. The number of benzene rings is 1. The highest BCUT2D eigenvalue weighted by Crippen LogP contribution is 2.16. The lowest BCUT2D eigenvalue weighted by atomic mass is 10.1. The van der Waals surface area contributed by atoms with Crippen molar-refractivity contribution in [1.29, 1.82) is 0 Å². The van der Waals surface area contributed by atoms with Crippen LogP contribution in [0.3, 0.4) is 0 Å². The monoisotopic (exact) mass is 345 g/mol. The van der Waals surface area contributed by atoms with Gasteiger partial charge in [0.15, 0.2) is 0 Å². The molecular weight excluding hydrogens is 330 g/mol. The summed E-state index contributed by atoms with van der Waals surface area (Å²) in [4.78, 5) is 23.0. The number of carbonyl (C=O) groups is 2. The third-order valence-electron chi connectivity index (χ3n) is 2.60. The fourth-order valence-electron chi connectivity index (χ4n) is 1.58. The molecule has 19 heavy (non-hydrogen) atoms. The molecule has 0 aliphatic heterocycles. The predicted molar refractivity (Wildman–Crippen MR) is 81.0 cm³/mol. The van der Waals surface area contributed by atoms with Crippen LogP contribution in [-0.4, -0.2) is 35.0 Å². The zero-order valence-electron chi connectivity index (χ0n) is 10.8. The van der Waals surface area contributed by atoms with Crippen LogP contribution in [0.25, 0.3) is 0 Å². The summed E-state index contributed by atoms with van der Waals surface area (Å²) in [5.41, 5.74) is 0.448. The lowest BCUT2D eigenvalue weighted by molar-refractivity contribution is 0.0697. The van der Waals surface area contributed by atoms with Crippen LogP contribution in [0.4, 0.5) is 0 Å². The minimum atomic E-state index is -1.05. The second-order valence-electron chi connectivity index (χ2n) is 4.07. The van der Waals surface area contributed by atoms with E-state index in [1.165, 1.54) is 12.1 Å². The van der Waals surface area contributed by atoms with Gasteiger partial charge in [-0.3, -0.25) is 4.79 Å². The quantitative estimate of drug-likeness (QED) is 0.831. The Kier molecular flexibility index (Phi) is 6.37. The van der Waals surface area contributed by atoms with Gasteiger partial charge in [-0.2, -0.15) is 11.8 Å². The molecule has 0 aliphatic carbocycles. The van der Waals surface area contributed by atoms with Gasteiger partial charge in [-0.1, -0.05) is 22.9 Å². The number of nitrogens with one attached hydrogen (secondary N) is 1.